The van der Waals surface area contributed by atoms with Crippen LogP contribution in [0.5, 0.6) is 0 Å². The number of alkyl halides is 3. The van der Waals surface area contributed by atoms with Gasteiger partial charge in [0.15, 0.2) is 0 Å². The van der Waals surface area contributed by atoms with E-state index in [1.165, 1.54) is 12.1 Å². The molecule has 8 heteroatoms. The van der Waals surface area contributed by atoms with Crippen LogP contribution in [0.15, 0.2) is 18.2 Å². The fourth-order valence-corrected chi connectivity index (χ4v) is 2.78. The van der Waals surface area contributed by atoms with E-state index in [0.717, 1.165) is 6.07 Å². The molecule has 2 amide bonds. The number of benzene rings is 1. The third-order valence-electron chi connectivity index (χ3n) is 4.01. The molecule has 2 rings (SSSR count). The Morgan fingerprint density at radius 1 is 1.33 bits per heavy atom. The van der Waals surface area contributed by atoms with Crippen molar-refractivity contribution in [3.8, 4) is 0 Å². The number of nitrogens with zero attached hydrogens (tertiary/aromatic N) is 1. The number of ether oxygens (including phenoxy) is 1. The van der Waals surface area contributed by atoms with E-state index in [9.17, 15) is 18.0 Å². The highest BCUT2D eigenvalue weighted by Gasteiger charge is 2.36. The number of methoxy groups -OCH3 is 1. The quantitative estimate of drug-likeness (QED) is 0.879. The van der Waals surface area contributed by atoms with Crippen molar-refractivity contribution in [3.05, 3.63) is 23.8 Å². The van der Waals surface area contributed by atoms with E-state index in [0.29, 0.717) is 32.5 Å². The monoisotopic (exact) mass is 345 g/mol. The van der Waals surface area contributed by atoms with Gasteiger partial charge in [-0.15, -0.1) is 0 Å². The second-order valence-corrected chi connectivity index (χ2v) is 5.64. The van der Waals surface area contributed by atoms with E-state index in [1.54, 1.807) is 18.9 Å². The Bertz CT molecular complexity index is 570. The van der Waals surface area contributed by atoms with Crippen LogP contribution in [-0.2, 0) is 10.9 Å². The topological polar surface area (TPSA) is 53.6 Å². The lowest BCUT2D eigenvalue weighted by Crippen LogP contribution is -2.37. The van der Waals surface area contributed by atoms with Crippen molar-refractivity contribution < 1.29 is 22.7 Å². The first-order valence-corrected chi connectivity index (χ1v) is 7.89. The smallest absolute Gasteiger partial charge is 0.381 e. The van der Waals surface area contributed by atoms with Gasteiger partial charge >= 0.3 is 12.2 Å². The molecule has 1 aromatic carbocycles. The number of carbonyl (C=O) groups is 1. The third-order valence-corrected chi connectivity index (χ3v) is 4.01. The molecule has 2 N–H and O–H groups in total. The van der Waals surface area contributed by atoms with E-state index < -0.39 is 17.8 Å². The summed E-state index contributed by atoms with van der Waals surface area (Å²) in [5, 5.41) is 4.90. The number of amides is 2. The molecule has 134 valence electrons. The maximum absolute atomic E-state index is 13.4. The molecule has 0 unspecified atom stereocenters. The zero-order valence-electron chi connectivity index (χ0n) is 13.7. The number of halogens is 3. The second kappa shape index (κ2) is 7.74. The molecule has 0 aromatic heterocycles. The minimum Gasteiger partial charge on any atom is -0.381 e. The number of piperidine rings is 1. The van der Waals surface area contributed by atoms with Crippen LogP contribution in [0.25, 0.3) is 0 Å². The minimum atomic E-state index is -4.49. The van der Waals surface area contributed by atoms with Gasteiger partial charge in [0.25, 0.3) is 0 Å². The summed E-state index contributed by atoms with van der Waals surface area (Å²) in [6.07, 6.45) is -3.03. The Balaban J connectivity index is 2.23. The number of urea groups is 1. The zero-order chi connectivity index (χ0) is 17.7. The third kappa shape index (κ3) is 4.53. The molecule has 1 fully saturated rings. The normalized spacial score (nSPS) is 16.1. The molecular formula is C16H22F3N3O2. The first-order chi connectivity index (χ1) is 11.3. The predicted molar refractivity (Wildman–Crippen MR) is 86.4 cm³/mol. The van der Waals surface area contributed by atoms with Crippen molar-refractivity contribution in [2.75, 3.05) is 37.0 Å². The number of nitrogens with one attached hydrogen (secondary N) is 2. The molecule has 1 aliphatic rings. The van der Waals surface area contributed by atoms with Crippen LogP contribution in [0.4, 0.5) is 29.3 Å². The molecule has 0 spiro atoms. The summed E-state index contributed by atoms with van der Waals surface area (Å²) in [5.41, 5.74) is -0.491. The largest absolute Gasteiger partial charge is 0.418 e. The molecule has 0 aliphatic carbocycles. The van der Waals surface area contributed by atoms with E-state index in [1.807, 2.05) is 0 Å². The summed E-state index contributed by atoms with van der Waals surface area (Å²) in [6, 6.07) is 3.35. The fraction of sp³-hybridized carbons (Fsp3) is 0.562. The molecule has 1 saturated heterocycles. The molecule has 1 aliphatic heterocycles. The molecule has 0 saturated carbocycles. The van der Waals surface area contributed by atoms with Crippen LogP contribution in [0.2, 0.25) is 0 Å². The van der Waals surface area contributed by atoms with E-state index in [2.05, 4.69) is 10.6 Å². The van der Waals surface area contributed by atoms with Crippen LogP contribution in [0.1, 0.15) is 25.3 Å². The van der Waals surface area contributed by atoms with Crippen LogP contribution in [0.3, 0.4) is 0 Å². The van der Waals surface area contributed by atoms with Gasteiger partial charge in [-0.05, 0) is 38.0 Å². The highest BCUT2D eigenvalue weighted by Crippen LogP contribution is 2.39. The lowest BCUT2D eigenvalue weighted by molar-refractivity contribution is -0.137. The first-order valence-electron chi connectivity index (χ1n) is 7.89. The van der Waals surface area contributed by atoms with Gasteiger partial charge in [-0.2, -0.15) is 13.2 Å². The van der Waals surface area contributed by atoms with Gasteiger partial charge in [-0.25, -0.2) is 4.79 Å². The minimum absolute atomic E-state index is 0.0919. The Morgan fingerprint density at radius 3 is 2.54 bits per heavy atom. The van der Waals surface area contributed by atoms with Crippen LogP contribution in [0, 0.1) is 0 Å². The lowest BCUT2D eigenvalue weighted by Gasteiger charge is -2.34. The molecule has 1 heterocycles. The fourth-order valence-electron chi connectivity index (χ4n) is 2.78. The number of hydrogen-bond donors (Lipinski definition) is 2. The standard InChI is InChI=1S/C16H22F3N3O2/c1-3-20-15(23)21-11-4-5-14(13(10-11)16(17,18)19)22-8-6-12(24-2)7-9-22/h4-5,10,12H,3,6-9H2,1-2H3,(H2,20,21,23). The highest BCUT2D eigenvalue weighted by atomic mass is 19.4. The summed E-state index contributed by atoms with van der Waals surface area (Å²) in [5.74, 6) is 0. The van der Waals surface area contributed by atoms with Crippen LogP contribution < -0.4 is 15.5 Å². The average molecular weight is 345 g/mol. The molecular weight excluding hydrogens is 323 g/mol. The number of anilines is 2. The summed E-state index contributed by atoms with van der Waals surface area (Å²) >= 11 is 0. The van der Waals surface area contributed by atoms with Crippen LogP contribution >= 0.6 is 0 Å². The Morgan fingerprint density at radius 2 is 2.00 bits per heavy atom. The number of hydrogen-bond acceptors (Lipinski definition) is 3. The molecule has 0 atom stereocenters. The number of carbonyl (C=O) groups excluding carboxylic acids is 1. The predicted octanol–water partition coefficient (Wildman–Crippen LogP) is 3.46. The van der Waals surface area contributed by atoms with Gasteiger partial charge in [-0.1, -0.05) is 0 Å². The van der Waals surface area contributed by atoms with Gasteiger partial charge in [0.1, 0.15) is 0 Å². The van der Waals surface area contributed by atoms with Crippen molar-refractivity contribution >= 4 is 17.4 Å². The maximum Gasteiger partial charge on any atom is 0.418 e. The van der Waals surface area contributed by atoms with Crippen molar-refractivity contribution in [3.63, 3.8) is 0 Å². The van der Waals surface area contributed by atoms with Gasteiger partial charge in [0.2, 0.25) is 0 Å². The van der Waals surface area contributed by atoms with Crippen molar-refractivity contribution in [2.24, 2.45) is 0 Å². The van der Waals surface area contributed by atoms with E-state index >= 15 is 0 Å². The van der Waals surface area contributed by atoms with E-state index in [-0.39, 0.29) is 17.5 Å². The van der Waals surface area contributed by atoms with E-state index in [4.69, 9.17) is 4.74 Å². The Kier molecular flexibility index (Phi) is 5.93. The van der Waals surface area contributed by atoms with Crippen molar-refractivity contribution in [1.29, 1.82) is 0 Å². The van der Waals surface area contributed by atoms with Gasteiger partial charge in [-0.3, -0.25) is 0 Å². The highest BCUT2D eigenvalue weighted by molar-refractivity contribution is 5.89. The maximum atomic E-state index is 13.4. The van der Waals surface area contributed by atoms with Crippen molar-refractivity contribution in [1.82, 2.24) is 5.32 Å². The van der Waals surface area contributed by atoms with Crippen molar-refractivity contribution in [2.45, 2.75) is 32.0 Å². The summed E-state index contributed by atoms with van der Waals surface area (Å²) in [6.45, 7) is 3.13. The molecule has 5 nitrogen and oxygen atoms in total. The Labute approximate surface area is 139 Å². The first kappa shape index (κ1) is 18.4. The average Bonchev–Trinajstić information content (AvgIpc) is 2.54. The molecule has 0 radical (unpaired) electrons. The van der Waals surface area contributed by atoms with Gasteiger partial charge in [0, 0.05) is 38.1 Å². The number of rotatable bonds is 4. The summed E-state index contributed by atoms with van der Waals surface area (Å²) < 4.78 is 45.6. The molecule has 1 aromatic rings. The zero-order valence-corrected chi connectivity index (χ0v) is 13.7. The van der Waals surface area contributed by atoms with Crippen LogP contribution in [-0.4, -0.2) is 38.9 Å². The molecule has 24 heavy (non-hydrogen) atoms. The molecule has 0 bridgehead atoms. The van der Waals surface area contributed by atoms with Gasteiger partial charge in [0.05, 0.1) is 11.7 Å². The summed E-state index contributed by atoms with van der Waals surface area (Å²) in [4.78, 5) is 13.2. The SMILES string of the molecule is CCNC(=O)Nc1ccc(N2CCC(OC)CC2)c(C(F)(F)F)c1. The lowest BCUT2D eigenvalue weighted by atomic mass is 10.0. The second-order valence-electron chi connectivity index (χ2n) is 5.64. The summed E-state index contributed by atoms with van der Waals surface area (Å²) in [7, 11) is 1.61. The van der Waals surface area contributed by atoms with Gasteiger partial charge < -0.3 is 20.3 Å². The Hall–Kier alpha value is -1.96.